The third kappa shape index (κ3) is 4.10. The van der Waals surface area contributed by atoms with Crippen LogP contribution in [-0.4, -0.2) is 35.2 Å². The van der Waals surface area contributed by atoms with E-state index in [-0.39, 0.29) is 12.0 Å². The minimum absolute atomic E-state index is 0.0190. The first kappa shape index (κ1) is 16.8. The fourth-order valence-corrected chi connectivity index (χ4v) is 4.04. The van der Waals surface area contributed by atoms with E-state index in [0.29, 0.717) is 6.04 Å². The minimum Gasteiger partial charge on any atom is -0.391 e. The Hall–Kier alpha value is -0.260. The Morgan fingerprint density at radius 3 is 2.42 bits per heavy atom. The second-order valence-corrected chi connectivity index (χ2v) is 7.78. The van der Waals surface area contributed by atoms with Gasteiger partial charge in [0.2, 0.25) is 0 Å². The fourth-order valence-electron chi connectivity index (χ4n) is 2.04. The van der Waals surface area contributed by atoms with Crippen molar-refractivity contribution in [2.75, 3.05) is 24.0 Å². The summed E-state index contributed by atoms with van der Waals surface area (Å²) in [5.41, 5.74) is 1.01. The first-order chi connectivity index (χ1) is 8.85. The van der Waals surface area contributed by atoms with Gasteiger partial charge in [-0.25, -0.2) is 4.98 Å². The molecule has 1 N–H and O–H groups in total. The molecule has 0 radical (unpaired) electrons. The Morgan fingerprint density at radius 2 is 2.05 bits per heavy atom. The first-order valence-corrected chi connectivity index (χ1v) is 8.89. The third-order valence-corrected chi connectivity index (χ3v) is 5.07. The molecular weight excluding hydrogens is 276 g/mol. The zero-order chi connectivity index (χ0) is 14.6. The second-order valence-electron chi connectivity index (χ2n) is 5.80. The smallest absolute Gasteiger partial charge is 0.185 e. The van der Waals surface area contributed by atoms with E-state index >= 15 is 0 Å². The molecule has 19 heavy (non-hydrogen) atoms. The van der Waals surface area contributed by atoms with Crippen LogP contribution >= 0.6 is 23.1 Å². The van der Waals surface area contributed by atoms with Gasteiger partial charge in [-0.2, -0.15) is 11.8 Å². The highest BCUT2D eigenvalue weighted by atomic mass is 32.2. The van der Waals surface area contributed by atoms with E-state index in [9.17, 15) is 5.11 Å². The highest BCUT2D eigenvalue weighted by Crippen LogP contribution is 2.34. The largest absolute Gasteiger partial charge is 0.391 e. The van der Waals surface area contributed by atoms with Crippen molar-refractivity contribution in [1.29, 1.82) is 0 Å². The van der Waals surface area contributed by atoms with Gasteiger partial charge in [-0.05, 0) is 12.7 Å². The number of anilines is 1. The van der Waals surface area contributed by atoms with E-state index in [0.717, 1.165) is 27.9 Å². The third-order valence-electron chi connectivity index (χ3n) is 3.22. The molecule has 0 saturated heterocycles. The fraction of sp³-hybridized carbons (Fsp3) is 0.786. The lowest BCUT2D eigenvalue weighted by atomic mass is 9.91. The van der Waals surface area contributed by atoms with Crippen LogP contribution in [0.4, 0.5) is 5.13 Å². The van der Waals surface area contributed by atoms with Gasteiger partial charge in [-0.3, -0.25) is 0 Å². The molecule has 0 aliphatic rings. The lowest BCUT2D eigenvalue weighted by molar-refractivity contribution is 0.282. The molecule has 3 nitrogen and oxygen atoms in total. The molecule has 110 valence electrons. The average molecular weight is 303 g/mol. The predicted molar refractivity (Wildman–Crippen MR) is 87.6 cm³/mol. The van der Waals surface area contributed by atoms with Gasteiger partial charge in [0.1, 0.15) is 0 Å². The van der Waals surface area contributed by atoms with Gasteiger partial charge in [0.25, 0.3) is 0 Å². The normalized spacial score (nSPS) is 13.6. The van der Waals surface area contributed by atoms with Gasteiger partial charge < -0.3 is 10.0 Å². The van der Waals surface area contributed by atoms with Crippen LogP contribution < -0.4 is 4.90 Å². The molecule has 1 atom stereocenters. The minimum atomic E-state index is -0.0190. The lowest BCUT2D eigenvalue weighted by Gasteiger charge is -2.26. The van der Waals surface area contributed by atoms with E-state index in [4.69, 9.17) is 4.98 Å². The van der Waals surface area contributed by atoms with Crippen LogP contribution in [0.25, 0.3) is 0 Å². The molecule has 0 bridgehead atoms. The zero-order valence-corrected chi connectivity index (χ0v) is 14.5. The Morgan fingerprint density at radius 1 is 1.42 bits per heavy atom. The summed E-state index contributed by atoms with van der Waals surface area (Å²) in [6.07, 6.45) is 3.24. The number of thioether (sulfide) groups is 1. The van der Waals surface area contributed by atoms with E-state index in [1.54, 1.807) is 11.3 Å². The van der Waals surface area contributed by atoms with E-state index in [1.165, 1.54) is 0 Å². The number of aromatic nitrogens is 1. The quantitative estimate of drug-likeness (QED) is 0.872. The van der Waals surface area contributed by atoms with Crippen LogP contribution in [0.5, 0.6) is 0 Å². The summed E-state index contributed by atoms with van der Waals surface area (Å²) in [5, 5.41) is 10.5. The highest BCUT2D eigenvalue weighted by molar-refractivity contribution is 7.98. The van der Waals surface area contributed by atoms with Crippen LogP contribution in [0.3, 0.4) is 0 Å². The summed E-state index contributed by atoms with van der Waals surface area (Å²) >= 11 is 3.48. The summed E-state index contributed by atoms with van der Waals surface area (Å²) in [5.74, 6) is 1.10. The second kappa shape index (κ2) is 6.95. The van der Waals surface area contributed by atoms with Crippen molar-refractivity contribution in [2.24, 2.45) is 0 Å². The Kier molecular flexibility index (Phi) is 6.15. The number of aliphatic hydroxyl groups excluding tert-OH is 1. The Bertz CT molecular complexity index is 399. The number of nitrogens with zero attached hydrogens (tertiary/aromatic N) is 2. The van der Waals surface area contributed by atoms with E-state index in [1.807, 2.05) is 11.8 Å². The van der Waals surface area contributed by atoms with E-state index in [2.05, 4.69) is 45.9 Å². The Labute approximate surface area is 125 Å². The zero-order valence-electron chi connectivity index (χ0n) is 12.9. The molecule has 1 rings (SSSR count). The van der Waals surface area contributed by atoms with Gasteiger partial charge in [-0.1, -0.05) is 39.0 Å². The number of aliphatic hydroxyl groups is 1. The van der Waals surface area contributed by atoms with Crippen molar-refractivity contribution in [1.82, 2.24) is 4.98 Å². The Balaban J connectivity index is 3.04. The molecule has 1 aromatic rings. The molecule has 0 amide bonds. The number of rotatable bonds is 6. The molecular formula is C14H26N2OS2. The van der Waals surface area contributed by atoms with Crippen molar-refractivity contribution in [2.45, 2.75) is 52.2 Å². The standard InChI is InChI=1S/C14H26N2OS2/c1-7-10(9-18-6)16(5)13-15-12(14(2,3)4)11(8-17)19-13/h10,17H,7-9H2,1-6H3. The summed E-state index contributed by atoms with van der Waals surface area (Å²) in [4.78, 5) is 8.03. The SMILES string of the molecule is CCC(CSC)N(C)c1nc(C(C)(C)C)c(CO)s1. The molecule has 0 spiro atoms. The van der Waals surface area contributed by atoms with Crippen LogP contribution in [0.1, 0.15) is 44.7 Å². The predicted octanol–water partition coefficient (Wildman–Crippen LogP) is 3.51. The lowest BCUT2D eigenvalue weighted by Crippen LogP contribution is -2.33. The van der Waals surface area contributed by atoms with Crippen molar-refractivity contribution < 1.29 is 5.11 Å². The number of hydrogen-bond acceptors (Lipinski definition) is 5. The molecule has 0 aliphatic heterocycles. The van der Waals surface area contributed by atoms with Gasteiger partial charge in [0, 0.05) is 24.3 Å². The van der Waals surface area contributed by atoms with Crippen LogP contribution in [0, 0.1) is 0 Å². The van der Waals surface area contributed by atoms with Crippen LogP contribution in [0.15, 0.2) is 0 Å². The number of thiazole rings is 1. The molecule has 1 heterocycles. The van der Waals surface area contributed by atoms with Crippen LogP contribution in [-0.2, 0) is 12.0 Å². The summed E-state index contributed by atoms with van der Waals surface area (Å²) in [6, 6.07) is 0.500. The maximum absolute atomic E-state index is 9.52. The molecule has 0 saturated carbocycles. The van der Waals surface area contributed by atoms with E-state index < -0.39 is 0 Å². The van der Waals surface area contributed by atoms with Gasteiger partial charge in [-0.15, -0.1) is 0 Å². The molecule has 5 heteroatoms. The number of hydrogen-bond donors (Lipinski definition) is 1. The molecule has 1 aromatic heterocycles. The van der Waals surface area contributed by atoms with Gasteiger partial charge in [0.05, 0.1) is 17.2 Å². The van der Waals surface area contributed by atoms with Crippen molar-refractivity contribution >= 4 is 28.2 Å². The molecule has 0 aliphatic carbocycles. The molecule has 1 unspecified atom stereocenters. The van der Waals surface area contributed by atoms with Crippen molar-refractivity contribution in [3.8, 4) is 0 Å². The van der Waals surface area contributed by atoms with Gasteiger partial charge in [0.15, 0.2) is 5.13 Å². The summed E-state index contributed by atoms with van der Waals surface area (Å²) < 4.78 is 0. The maximum atomic E-state index is 9.52. The molecule has 0 fully saturated rings. The highest BCUT2D eigenvalue weighted by Gasteiger charge is 2.25. The topological polar surface area (TPSA) is 36.4 Å². The van der Waals surface area contributed by atoms with Crippen LogP contribution in [0.2, 0.25) is 0 Å². The molecule has 0 aromatic carbocycles. The summed E-state index contributed by atoms with van der Waals surface area (Å²) in [6.45, 7) is 8.72. The maximum Gasteiger partial charge on any atom is 0.185 e. The van der Waals surface area contributed by atoms with Crippen molar-refractivity contribution in [3.63, 3.8) is 0 Å². The van der Waals surface area contributed by atoms with Crippen molar-refractivity contribution in [3.05, 3.63) is 10.6 Å². The van der Waals surface area contributed by atoms with Gasteiger partial charge >= 0.3 is 0 Å². The average Bonchev–Trinajstić information content (AvgIpc) is 2.79. The summed E-state index contributed by atoms with van der Waals surface area (Å²) in [7, 11) is 2.11. The first-order valence-electron chi connectivity index (χ1n) is 6.67. The monoisotopic (exact) mass is 302 g/mol.